The fourth-order valence-electron chi connectivity index (χ4n) is 1.94. The number of rotatable bonds is 3. The molecule has 4 nitrogen and oxygen atoms in total. The van der Waals surface area contributed by atoms with Gasteiger partial charge in [-0.2, -0.15) is 18.3 Å². The number of aryl methyl sites for hydroxylation is 2. The maximum Gasteiger partial charge on any atom is 0.417 e. The van der Waals surface area contributed by atoms with Crippen LogP contribution in [0.1, 0.15) is 33.0 Å². The summed E-state index contributed by atoms with van der Waals surface area (Å²) in [6.07, 6.45) is -3.52. The largest absolute Gasteiger partial charge is 0.466 e. The highest BCUT2D eigenvalue weighted by molar-refractivity contribution is 5.96. The van der Waals surface area contributed by atoms with Gasteiger partial charge in [-0.15, -0.1) is 0 Å². The smallest absolute Gasteiger partial charge is 0.417 e. The molecule has 1 aromatic heterocycles. The van der Waals surface area contributed by atoms with E-state index < -0.39 is 17.6 Å². The van der Waals surface area contributed by atoms with E-state index in [4.69, 9.17) is 4.42 Å². The molecule has 0 radical (unpaired) electrons. The van der Waals surface area contributed by atoms with Gasteiger partial charge in [-0.05, 0) is 26.0 Å². The summed E-state index contributed by atoms with van der Waals surface area (Å²) in [5.74, 6) is 0.435. The second kappa shape index (κ2) is 6.05. The van der Waals surface area contributed by atoms with Crippen molar-refractivity contribution in [2.75, 3.05) is 0 Å². The van der Waals surface area contributed by atoms with E-state index in [1.54, 1.807) is 13.8 Å². The highest BCUT2D eigenvalue weighted by Crippen LogP contribution is 2.31. The Hall–Kier alpha value is -2.57. The lowest BCUT2D eigenvalue weighted by molar-refractivity contribution is -0.137. The monoisotopic (exact) mass is 310 g/mol. The molecule has 2 rings (SSSR count). The molecule has 0 aliphatic carbocycles. The van der Waals surface area contributed by atoms with Crippen molar-refractivity contribution in [2.24, 2.45) is 5.10 Å². The molecule has 0 spiro atoms. The quantitative estimate of drug-likeness (QED) is 0.694. The SMILES string of the molecule is Cc1cc(C(=O)N/N=C/c2ccccc2C(F)(F)F)c(C)o1. The lowest BCUT2D eigenvalue weighted by Gasteiger charge is -2.09. The zero-order chi connectivity index (χ0) is 16.3. The third-order valence-electron chi connectivity index (χ3n) is 2.92. The maximum absolute atomic E-state index is 12.8. The van der Waals surface area contributed by atoms with Crippen molar-refractivity contribution in [3.63, 3.8) is 0 Å². The Morgan fingerprint density at radius 3 is 2.55 bits per heavy atom. The number of hydrazone groups is 1. The molecule has 0 saturated heterocycles. The minimum atomic E-state index is -4.48. The first-order valence-electron chi connectivity index (χ1n) is 6.35. The summed E-state index contributed by atoms with van der Waals surface area (Å²) >= 11 is 0. The van der Waals surface area contributed by atoms with Gasteiger partial charge < -0.3 is 4.42 Å². The molecule has 1 aromatic carbocycles. The normalized spacial score (nSPS) is 11.9. The topological polar surface area (TPSA) is 54.6 Å². The molecule has 0 atom stereocenters. The summed E-state index contributed by atoms with van der Waals surface area (Å²) in [7, 11) is 0. The fourth-order valence-corrected chi connectivity index (χ4v) is 1.94. The van der Waals surface area contributed by atoms with Crippen molar-refractivity contribution < 1.29 is 22.4 Å². The fraction of sp³-hybridized carbons (Fsp3) is 0.200. The van der Waals surface area contributed by atoms with E-state index >= 15 is 0 Å². The van der Waals surface area contributed by atoms with Crippen LogP contribution in [0.3, 0.4) is 0 Å². The van der Waals surface area contributed by atoms with Crippen molar-refractivity contribution >= 4 is 12.1 Å². The number of hydrogen-bond donors (Lipinski definition) is 1. The van der Waals surface area contributed by atoms with Gasteiger partial charge in [0.05, 0.1) is 17.3 Å². The predicted molar refractivity (Wildman–Crippen MR) is 74.7 cm³/mol. The third kappa shape index (κ3) is 3.55. The van der Waals surface area contributed by atoms with Gasteiger partial charge in [0, 0.05) is 5.56 Å². The molecular weight excluding hydrogens is 297 g/mol. The maximum atomic E-state index is 12.8. The number of amides is 1. The van der Waals surface area contributed by atoms with Crippen molar-refractivity contribution in [1.29, 1.82) is 0 Å². The number of benzene rings is 1. The first-order valence-corrected chi connectivity index (χ1v) is 6.35. The second-order valence-electron chi connectivity index (χ2n) is 4.61. The number of furan rings is 1. The summed E-state index contributed by atoms with van der Waals surface area (Å²) in [5, 5.41) is 3.58. The van der Waals surface area contributed by atoms with Crippen LogP contribution in [0.15, 0.2) is 39.9 Å². The summed E-state index contributed by atoms with van der Waals surface area (Å²) in [6.45, 7) is 3.30. The van der Waals surface area contributed by atoms with Crippen molar-refractivity contribution in [3.8, 4) is 0 Å². The van der Waals surface area contributed by atoms with Crippen LogP contribution in [0.2, 0.25) is 0 Å². The van der Waals surface area contributed by atoms with Crippen LogP contribution in [0.4, 0.5) is 13.2 Å². The van der Waals surface area contributed by atoms with E-state index in [1.807, 2.05) is 0 Å². The summed E-state index contributed by atoms with van der Waals surface area (Å²) in [5.41, 5.74) is 1.53. The molecule has 0 aliphatic rings. The minimum absolute atomic E-state index is 0.129. The molecule has 0 saturated carbocycles. The number of hydrogen-bond acceptors (Lipinski definition) is 3. The van der Waals surface area contributed by atoms with Crippen LogP contribution in [-0.2, 0) is 6.18 Å². The Kier molecular flexibility index (Phi) is 4.35. The van der Waals surface area contributed by atoms with E-state index in [9.17, 15) is 18.0 Å². The van der Waals surface area contributed by atoms with Gasteiger partial charge in [0.15, 0.2) is 0 Å². The average Bonchev–Trinajstić information content (AvgIpc) is 2.77. The van der Waals surface area contributed by atoms with Gasteiger partial charge in [0.25, 0.3) is 5.91 Å². The number of halogens is 3. The van der Waals surface area contributed by atoms with Crippen LogP contribution in [-0.4, -0.2) is 12.1 Å². The number of carbonyl (C=O) groups is 1. The lowest BCUT2D eigenvalue weighted by atomic mass is 10.1. The van der Waals surface area contributed by atoms with Crippen LogP contribution in [0.25, 0.3) is 0 Å². The molecular formula is C15H13F3N2O2. The van der Waals surface area contributed by atoms with Gasteiger partial charge >= 0.3 is 6.18 Å². The molecule has 0 unspecified atom stereocenters. The van der Waals surface area contributed by atoms with Gasteiger partial charge in [0.1, 0.15) is 11.5 Å². The summed E-state index contributed by atoms with van der Waals surface area (Å²) in [6, 6.07) is 6.50. The Bertz CT molecular complexity index is 718. The van der Waals surface area contributed by atoms with Crippen molar-refractivity contribution in [3.05, 3.63) is 58.5 Å². The molecule has 0 fully saturated rings. The first kappa shape index (κ1) is 15.8. The van der Waals surface area contributed by atoms with E-state index in [-0.39, 0.29) is 5.56 Å². The highest BCUT2D eigenvalue weighted by atomic mass is 19.4. The summed E-state index contributed by atoms with van der Waals surface area (Å²) < 4.78 is 43.6. The molecule has 116 valence electrons. The van der Waals surface area contributed by atoms with Crippen molar-refractivity contribution in [2.45, 2.75) is 20.0 Å². The van der Waals surface area contributed by atoms with Crippen LogP contribution >= 0.6 is 0 Å². The van der Waals surface area contributed by atoms with Gasteiger partial charge in [-0.25, -0.2) is 5.43 Å². The summed E-state index contributed by atoms with van der Waals surface area (Å²) in [4.78, 5) is 11.8. The lowest BCUT2D eigenvalue weighted by Crippen LogP contribution is -2.18. The zero-order valence-corrected chi connectivity index (χ0v) is 11.9. The van der Waals surface area contributed by atoms with Crippen molar-refractivity contribution in [1.82, 2.24) is 5.43 Å². The van der Waals surface area contributed by atoms with Gasteiger partial charge in [-0.3, -0.25) is 4.79 Å². The molecule has 0 bridgehead atoms. The molecule has 1 N–H and O–H groups in total. The number of nitrogens with one attached hydrogen (secondary N) is 1. The molecule has 22 heavy (non-hydrogen) atoms. The van der Waals surface area contributed by atoms with E-state index in [0.29, 0.717) is 17.1 Å². The average molecular weight is 310 g/mol. The van der Waals surface area contributed by atoms with Crippen LogP contribution in [0.5, 0.6) is 0 Å². The van der Waals surface area contributed by atoms with Crippen LogP contribution < -0.4 is 5.43 Å². The number of nitrogens with zero attached hydrogens (tertiary/aromatic N) is 1. The van der Waals surface area contributed by atoms with E-state index in [0.717, 1.165) is 12.3 Å². The predicted octanol–water partition coefficient (Wildman–Crippen LogP) is 3.68. The Balaban J connectivity index is 2.14. The van der Waals surface area contributed by atoms with Gasteiger partial charge in [0.2, 0.25) is 0 Å². The zero-order valence-electron chi connectivity index (χ0n) is 11.9. The second-order valence-corrected chi connectivity index (χ2v) is 4.61. The Morgan fingerprint density at radius 2 is 1.95 bits per heavy atom. The van der Waals surface area contributed by atoms with Crippen LogP contribution in [0, 0.1) is 13.8 Å². The molecule has 2 aromatic rings. The highest BCUT2D eigenvalue weighted by Gasteiger charge is 2.32. The molecule has 1 amide bonds. The van der Waals surface area contributed by atoms with E-state index in [2.05, 4.69) is 10.5 Å². The van der Waals surface area contributed by atoms with E-state index in [1.165, 1.54) is 24.3 Å². The first-order chi connectivity index (χ1) is 10.3. The van der Waals surface area contributed by atoms with Gasteiger partial charge in [-0.1, -0.05) is 18.2 Å². The number of alkyl halides is 3. The minimum Gasteiger partial charge on any atom is -0.466 e. The standard InChI is InChI=1S/C15H13F3N2O2/c1-9-7-12(10(2)22-9)14(21)20-19-8-11-5-3-4-6-13(11)15(16,17)18/h3-8H,1-2H3,(H,20,21)/b19-8+. The Morgan fingerprint density at radius 1 is 1.27 bits per heavy atom. The number of carbonyl (C=O) groups excluding carboxylic acids is 1. The molecule has 1 heterocycles. The Labute approximate surface area is 124 Å². The molecule has 0 aliphatic heterocycles. The third-order valence-corrected chi connectivity index (χ3v) is 2.92. The molecule has 7 heteroatoms.